The van der Waals surface area contributed by atoms with Crippen LogP contribution in [0.3, 0.4) is 0 Å². The van der Waals surface area contributed by atoms with Crippen molar-refractivity contribution in [2.75, 3.05) is 27.7 Å². The van der Waals surface area contributed by atoms with Crippen LogP contribution in [0.5, 0.6) is 5.75 Å². The van der Waals surface area contributed by atoms with Gasteiger partial charge in [-0.3, -0.25) is 0 Å². The molecule has 122 valence electrons. The van der Waals surface area contributed by atoms with E-state index in [4.69, 9.17) is 4.74 Å². The summed E-state index contributed by atoms with van der Waals surface area (Å²) in [6.07, 6.45) is 1.92. The first kappa shape index (κ1) is 16.8. The van der Waals surface area contributed by atoms with Gasteiger partial charge in [-0.05, 0) is 23.8 Å². The Morgan fingerprint density at radius 3 is 2.59 bits per heavy atom. The molecule has 0 amide bonds. The molecule has 1 aromatic heterocycles. The third kappa shape index (κ3) is 3.26. The van der Waals surface area contributed by atoms with Crippen molar-refractivity contribution in [3.8, 4) is 5.75 Å². The molecular formula is C15H23N3O3S. The highest BCUT2D eigenvalue weighted by Gasteiger charge is 2.27. The lowest BCUT2D eigenvalue weighted by molar-refractivity contribution is 0.415. The minimum absolute atomic E-state index is 0.303. The Labute approximate surface area is 131 Å². The Balaban J connectivity index is 2.33. The van der Waals surface area contributed by atoms with Gasteiger partial charge in [-0.1, -0.05) is 13.8 Å². The van der Waals surface area contributed by atoms with Crippen molar-refractivity contribution < 1.29 is 13.2 Å². The molecule has 2 rings (SSSR count). The molecule has 0 unspecified atom stereocenters. The third-order valence-electron chi connectivity index (χ3n) is 3.80. The van der Waals surface area contributed by atoms with E-state index in [1.54, 1.807) is 7.11 Å². The maximum atomic E-state index is 11.9. The number of aromatic nitrogens is 1. The van der Waals surface area contributed by atoms with Gasteiger partial charge < -0.3 is 9.72 Å². The van der Waals surface area contributed by atoms with Crippen LogP contribution in [-0.4, -0.2) is 45.5 Å². The second kappa shape index (κ2) is 5.91. The standard InChI is InChI=1S/C15H23N3O3S/c1-15(2,10-17-22(19,20)18(3)4)13-9-16-14-7-6-11(21-5)8-12(13)14/h6-9,16-17H,10H2,1-5H3. The minimum Gasteiger partial charge on any atom is -0.497 e. The van der Waals surface area contributed by atoms with Crippen LogP contribution in [0.4, 0.5) is 0 Å². The fourth-order valence-electron chi connectivity index (χ4n) is 2.28. The molecule has 0 atom stereocenters. The van der Waals surface area contributed by atoms with Crippen LogP contribution in [0.1, 0.15) is 19.4 Å². The molecule has 0 saturated carbocycles. The number of benzene rings is 1. The van der Waals surface area contributed by atoms with Crippen LogP contribution in [0.15, 0.2) is 24.4 Å². The molecule has 2 N–H and O–H groups in total. The Kier molecular flexibility index (Phi) is 4.51. The summed E-state index contributed by atoms with van der Waals surface area (Å²) in [6.45, 7) is 4.32. The van der Waals surface area contributed by atoms with Crippen molar-refractivity contribution in [2.45, 2.75) is 19.3 Å². The zero-order chi connectivity index (χ0) is 16.5. The number of aromatic amines is 1. The first-order chi connectivity index (χ1) is 10.2. The van der Waals surface area contributed by atoms with E-state index in [0.717, 1.165) is 22.2 Å². The van der Waals surface area contributed by atoms with E-state index in [2.05, 4.69) is 9.71 Å². The Bertz CT molecular complexity index is 763. The molecule has 0 radical (unpaired) electrons. The number of H-pyrrole nitrogens is 1. The minimum atomic E-state index is -3.44. The van der Waals surface area contributed by atoms with Crippen LogP contribution in [0, 0.1) is 0 Å². The molecule has 0 aliphatic carbocycles. The SMILES string of the molecule is COc1ccc2[nH]cc(C(C)(C)CNS(=O)(=O)N(C)C)c2c1. The van der Waals surface area contributed by atoms with Crippen molar-refractivity contribution in [2.24, 2.45) is 0 Å². The molecule has 0 aliphatic heterocycles. The topological polar surface area (TPSA) is 74.4 Å². The molecule has 1 heterocycles. The lowest BCUT2D eigenvalue weighted by Crippen LogP contribution is -2.42. The maximum absolute atomic E-state index is 11.9. The van der Waals surface area contributed by atoms with E-state index in [1.165, 1.54) is 18.4 Å². The summed E-state index contributed by atoms with van der Waals surface area (Å²) in [5.74, 6) is 0.776. The van der Waals surface area contributed by atoms with Gasteiger partial charge in [0.2, 0.25) is 0 Å². The second-order valence-corrected chi connectivity index (χ2v) is 8.08. The average molecular weight is 325 g/mol. The highest BCUT2D eigenvalue weighted by molar-refractivity contribution is 7.87. The largest absolute Gasteiger partial charge is 0.497 e. The number of methoxy groups -OCH3 is 1. The highest BCUT2D eigenvalue weighted by atomic mass is 32.2. The molecule has 0 bridgehead atoms. The van der Waals surface area contributed by atoms with Crippen LogP contribution in [0.25, 0.3) is 10.9 Å². The molecular weight excluding hydrogens is 302 g/mol. The van der Waals surface area contributed by atoms with Gasteiger partial charge in [0.25, 0.3) is 10.2 Å². The van der Waals surface area contributed by atoms with Gasteiger partial charge in [-0.2, -0.15) is 12.7 Å². The fourth-order valence-corrected chi connectivity index (χ4v) is 3.08. The molecule has 2 aromatic rings. The van der Waals surface area contributed by atoms with Crippen LogP contribution in [0.2, 0.25) is 0 Å². The van der Waals surface area contributed by atoms with E-state index in [9.17, 15) is 8.42 Å². The summed E-state index contributed by atoms with van der Waals surface area (Å²) in [5.41, 5.74) is 1.68. The van der Waals surface area contributed by atoms with Crippen LogP contribution >= 0.6 is 0 Å². The lowest BCUT2D eigenvalue weighted by Gasteiger charge is -2.26. The zero-order valence-corrected chi connectivity index (χ0v) is 14.4. The first-order valence-electron chi connectivity index (χ1n) is 7.00. The highest BCUT2D eigenvalue weighted by Crippen LogP contribution is 2.32. The smallest absolute Gasteiger partial charge is 0.278 e. The van der Waals surface area contributed by atoms with Gasteiger partial charge in [0.1, 0.15) is 5.75 Å². The predicted octanol–water partition coefficient (Wildman–Crippen LogP) is 1.85. The monoisotopic (exact) mass is 325 g/mol. The molecule has 0 aliphatic rings. The molecule has 1 aromatic carbocycles. The molecule has 0 saturated heterocycles. The average Bonchev–Trinajstić information content (AvgIpc) is 2.88. The van der Waals surface area contributed by atoms with Crippen LogP contribution in [-0.2, 0) is 15.6 Å². The predicted molar refractivity (Wildman–Crippen MR) is 88.5 cm³/mol. The van der Waals surface area contributed by atoms with Crippen molar-refractivity contribution >= 4 is 21.1 Å². The maximum Gasteiger partial charge on any atom is 0.278 e. The zero-order valence-electron chi connectivity index (χ0n) is 13.6. The quantitative estimate of drug-likeness (QED) is 0.851. The number of hydrogen-bond acceptors (Lipinski definition) is 3. The van der Waals surface area contributed by atoms with Crippen molar-refractivity contribution in [1.29, 1.82) is 0 Å². The summed E-state index contributed by atoms with van der Waals surface area (Å²) in [4.78, 5) is 3.22. The molecule has 6 nitrogen and oxygen atoms in total. The van der Waals surface area contributed by atoms with Crippen molar-refractivity contribution in [3.63, 3.8) is 0 Å². The van der Waals surface area contributed by atoms with Gasteiger partial charge in [-0.25, -0.2) is 4.72 Å². The summed E-state index contributed by atoms with van der Waals surface area (Å²) >= 11 is 0. The van der Waals surface area contributed by atoms with E-state index in [-0.39, 0.29) is 5.41 Å². The number of fused-ring (bicyclic) bond motifs is 1. The van der Waals surface area contributed by atoms with Gasteiger partial charge in [0, 0.05) is 43.2 Å². The van der Waals surface area contributed by atoms with Gasteiger partial charge in [0.15, 0.2) is 0 Å². The summed E-state index contributed by atoms with van der Waals surface area (Å²) < 4.78 is 32.9. The molecule has 22 heavy (non-hydrogen) atoms. The number of hydrogen-bond donors (Lipinski definition) is 2. The van der Waals surface area contributed by atoms with Crippen LogP contribution < -0.4 is 9.46 Å². The summed E-state index contributed by atoms with van der Waals surface area (Å²) in [5, 5.41) is 1.04. The summed E-state index contributed by atoms with van der Waals surface area (Å²) in [6, 6.07) is 5.81. The van der Waals surface area contributed by atoms with Crippen molar-refractivity contribution in [3.05, 3.63) is 30.0 Å². The molecule has 7 heteroatoms. The Morgan fingerprint density at radius 1 is 1.32 bits per heavy atom. The van der Waals surface area contributed by atoms with E-state index in [0.29, 0.717) is 6.54 Å². The van der Waals surface area contributed by atoms with Gasteiger partial charge >= 0.3 is 0 Å². The van der Waals surface area contributed by atoms with Gasteiger partial charge in [-0.15, -0.1) is 0 Å². The Morgan fingerprint density at radius 2 is 2.00 bits per heavy atom. The number of nitrogens with zero attached hydrogens (tertiary/aromatic N) is 1. The fraction of sp³-hybridized carbons (Fsp3) is 0.467. The Hall–Kier alpha value is -1.57. The molecule has 0 spiro atoms. The first-order valence-corrected chi connectivity index (χ1v) is 8.44. The third-order valence-corrected chi connectivity index (χ3v) is 5.27. The van der Waals surface area contributed by atoms with Gasteiger partial charge in [0.05, 0.1) is 7.11 Å². The van der Waals surface area contributed by atoms with E-state index in [1.807, 2.05) is 38.2 Å². The molecule has 0 fully saturated rings. The second-order valence-electron chi connectivity index (χ2n) is 6.11. The van der Waals surface area contributed by atoms with Crippen molar-refractivity contribution in [1.82, 2.24) is 14.0 Å². The number of nitrogens with one attached hydrogen (secondary N) is 2. The lowest BCUT2D eigenvalue weighted by atomic mass is 9.84. The number of rotatable bonds is 6. The normalized spacial score (nSPS) is 13.0. The number of ether oxygens (including phenoxy) is 1. The van der Waals surface area contributed by atoms with E-state index >= 15 is 0 Å². The van der Waals surface area contributed by atoms with E-state index < -0.39 is 10.2 Å². The summed E-state index contributed by atoms with van der Waals surface area (Å²) in [7, 11) is 1.20.